The number of ether oxygens (including phenoxy) is 1. The Labute approximate surface area is 134 Å². The molecule has 2 aromatic heterocycles. The van der Waals surface area contributed by atoms with Gasteiger partial charge in [-0.2, -0.15) is 0 Å². The first kappa shape index (κ1) is 15.0. The molecule has 0 aliphatic heterocycles. The van der Waals surface area contributed by atoms with Crippen molar-refractivity contribution in [3.63, 3.8) is 0 Å². The number of esters is 1. The minimum absolute atomic E-state index is 0.133. The zero-order valence-electron chi connectivity index (χ0n) is 12.9. The number of benzene rings is 1. The van der Waals surface area contributed by atoms with Crippen molar-refractivity contribution in [1.29, 1.82) is 0 Å². The summed E-state index contributed by atoms with van der Waals surface area (Å²) in [6.45, 7) is 2.23. The fourth-order valence-corrected chi connectivity index (χ4v) is 2.20. The Bertz CT molecular complexity index is 759. The quantitative estimate of drug-likeness (QED) is 0.661. The molecule has 2 heterocycles. The maximum atomic E-state index is 12.0. The van der Waals surface area contributed by atoms with Gasteiger partial charge in [-0.1, -0.05) is 25.1 Å². The molecule has 23 heavy (non-hydrogen) atoms. The van der Waals surface area contributed by atoms with Crippen LogP contribution in [0.5, 0.6) is 0 Å². The zero-order chi connectivity index (χ0) is 16.1. The molecule has 3 aromatic rings. The minimum Gasteiger partial charge on any atom is -0.466 e. The number of aryl methyl sites for hydroxylation is 1. The van der Waals surface area contributed by atoms with Crippen molar-refractivity contribution in [2.45, 2.75) is 20.0 Å². The second-order valence-electron chi connectivity index (χ2n) is 5.14. The normalized spacial score (nSPS) is 10.5. The van der Waals surface area contributed by atoms with E-state index in [9.17, 15) is 4.79 Å². The average Bonchev–Trinajstić information content (AvgIpc) is 3.13. The van der Waals surface area contributed by atoms with Gasteiger partial charge in [-0.15, -0.1) is 0 Å². The van der Waals surface area contributed by atoms with E-state index in [2.05, 4.69) is 18.0 Å². The van der Waals surface area contributed by atoms with E-state index in [4.69, 9.17) is 9.15 Å². The first-order valence-electron chi connectivity index (χ1n) is 7.51. The zero-order valence-corrected chi connectivity index (χ0v) is 12.9. The molecule has 0 fully saturated rings. The third-order valence-electron chi connectivity index (χ3n) is 3.57. The largest absolute Gasteiger partial charge is 0.466 e. The van der Waals surface area contributed by atoms with Crippen molar-refractivity contribution >= 4 is 5.97 Å². The van der Waals surface area contributed by atoms with Crippen LogP contribution in [0.25, 0.3) is 11.3 Å². The fourth-order valence-electron chi connectivity index (χ4n) is 2.20. The highest BCUT2D eigenvalue weighted by Crippen LogP contribution is 2.18. The van der Waals surface area contributed by atoms with Crippen molar-refractivity contribution in [1.82, 2.24) is 4.98 Å². The van der Waals surface area contributed by atoms with E-state index < -0.39 is 0 Å². The minimum atomic E-state index is -0.373. The molecule has 0 unspecified atom stereocenters. The van der Waals surface area contributed by atoms with Crippen molar-refractivity contribution in [3.05, 3.63) is 77.9 Å². The Morgan fingerprint density at radius 3 is 2.57 bits per heavy atom. The van der Waals surface area contributed by atoms with Crippen LogP contribution in [0.1, 0.15) is 28.6 Å². The topological polar surface area (TPSA) is 52.3 Å². The molecular formula is C19H17NO3. The van der Waals surface area contributed by atoms with Gasteiger partial charge in [0.1, 0.15) is 12.4 Å². The van der Waals surface area contributed by atoms with Gasteiger partial charge in [-0.05, 0) is 42.3 Å². The van der Waals surface area contributed by atoms with Crippen molar-refractivity contribution < 1.29 is 13.9 Å². The van der Waals surface area contributed by atoms with E-state index in [1.165, 1.54) is 5.56 Å². The molecule has 4 nitrogen and oxygen atoms in total. The highest BCUT2D eigenvalue weighted by Gasteiger charge is 2.09. The molecule has 0 bridgehead atoms. The molecule has 0 saturated heterocycles. The molecule has 0 spiro atoms. The van der Waals surface area contributed by atoms with Crippen LogP contribution in [0.3, 0.4) is 0 Å². The lowest BCUT2D eigenvalue weighted by molar-refractivity contribution is 0.0445. The first-order valence-corrected chi connectivity index (χ1v) is 7.51. The molecule has 0 N–H and O–H groups in total. The van der Waals surface area contributed by atoms with Gasteiger partial charge in [0.15, 0.2) is 0 Å². The Morgan fingerprint density at radius 2 is 1.96 bits per heavy atom. The van der Waals surface area contributed by atoms with Gasteiger partial charge in [0.25, 0.3) is 0 Å². The van der Waals surface area contributed by atoms with Crippen molar-refractivity contribution in [3.8, 4) is 11.3 Å². The van der Waals surface area contributed by atoms with Gasteiger partial charge in [-0.25, -0.2) is 4.79 Å². The van der Waals surface area contributed by atoms with Gasteiger partial charge in [0.05, 0.1) is 17.5 Å². The number of carbonyl (C=O) groups excluding carboxylic acids is 1. The molecule has 0 radical (unpaired) electrons. The molecule has 0 amide bonds. The summed E-state index contributed by atoms with van der Waals surface area (Å²) >= 11 is 0. The third kappa shape index (κ3) is 3.66. The summed E-state index contributed by atoms with van der Waals surface area (Å²) in [7, 11) is 0. The molecule has 0 saturated carbocycles. The number of furan rings is 1. The van der Waals surface area contributed by atoms with E-state index in [1.54, 1.807) is 30.5 Å². The van der Waals surface area contributed by atoms with Crippen molar-refractivity contribution in [2.75, 3.05) is 0 Å². The molecule has 0 aliphatic carbocycles. The lowest BCUT2D eigenvalue weighted by Gasteiger charge is -2.05. The molecule has 0 aliphatic rings. The van der Waals surface area contributed by atoms with E-state index in [0.29, 0.717) is 11.3 Å². The smallest absolute Gasteiger partial charge is 0.338 e. The lowest BCUT2D eigenvalue weighted by atomic mass is 10.1. The molecular weight excluding hydrogens is 290 g/mol. The standard InChI is InChI=1S/C19H17NO3/c1-2-14-5-10-18(20-12-14)15-6-8-16(9-7-15)19(21)23-13-17-4-3-11-22-17/h3-12H,2,13H2,1H3. The summed E-state index contributed by atoms with van der Waals surface area (Å²) < 4.78 is 10.3. The summed E-state index contributed by atoms with van der Waals surface area (Å²) in [5.41, 5.74) is 3.56. The SMILES string of the molecule is CCc1ccc(-c2ccc(C(=O)OCc3ccco3)cc2)nc1. The number of nitrogens with zero attached hydrogens (tertiary/aromatic N) is 1. The summed E-state index contributed by atoms with van der Waals surface area (Å²) in [5, 5.41) is 0. The van der Waals surface area contributed by atoms with Crippen LogP contribution < -0.4 is 0 Å². The monoisotopic (exact) mass is 307 g/mol. The number of pyridine rings is 1. The van der Waals surface area contributed by atoms with Crippen LogP contribution in [0.2, 0.25) is 0 Å². The van der Waals surface area contributed by atoms with Crippen LogP contribution >= 0.6 is 0 Å². The van der Waals surface area contributed by atoms with Crippen LogP contribution in [-0.2, 0) is 17.8 Å². The van der Waals surface area contributed by atoms with Crippen LogP contribution in [0, 0.1) is 0 Å². The van der Waals surface area contributed by atoms with Gasteiger partial charge in [-0.3, -0.25) is 4.98 Å². The Morgan fingerprint density at radius 1 is 1.13 bits per heavy atom. The maximum absolute atomic E-state index is 12.0. The molecule has 3 rings (SSSR count). The van der Waals surface area contributed by atoms with Crippen LogP contribution in [0.4, 0.5) is 0 Å². The summed E-state index contributed by atoms with van der Waals surface area (Å²) in [6.07, 6.45) is 4.39. The predicted octanol–water partition coefficient (Wildman–Crippen LogP) is 4.26. The highest BCUT2D eigenvalue weighted by atomic mass is 16.5. The van der Waals surface area contributed by atoms with Gasteiger partial charge >= 0.3 is 5.97 Å². The maximum Gasteiger partial charge on any atom is 0.338 e. The molecule has 4 heteroatoms. The summed E-state index contributed by atoms with van der Waals surface area (Å²) in [6, 6.07) is 14.8. The third-order valence-corrected chi connectivity index (χ3v) is 3.57. The van der Waals surface area contributed by atoms with Gasteiger partial charge in [0, 0.05) is 11.8 Å². The van der Waals surface area contributed by atoms with Crippen molar-refractivity contribution in [2.24, 2.45) is 0 Å². The van der Waals surface area contributed by atoms with Crippen LogP contribution in [-0.4, -0.2) is 11.0 Å². The van der Waals surface area contributed by atoms with Gasteiger partial charge in [0.2, 0.25) is 0 Å². The second-order valence-corrected chi connectivity index (χ2v) is 5.14. The number of hydrogen-bond acceptors (Lipinski definition) is 4. The molecule has 0 atom stereocenters. The number of hydrogen-bond donors (Lipinski definition) is 0. The van der Waals surface area contributed by atoms with E-state index in [0.717, 1.165) is 17.7 Å². The Hall–Kier alpha value is -2.88. The van der Waals surface area contributed by atoms with E-state index >= 15 is 0 Å². The van der Waals surface area contributed by atoms with Gasteiger partial charge < -0.3 is 9.15 Å². The number of aromatic nitrogens is 1. The molecule has 116 valence electrons. The first-order chi connectivity index (χ1) is 11.3. The summed E-state index contributed by atoms with van der Waals surface area (Å²) in [5.74, 6) is 0.248. The summed E-state index contributed by atoms with van der Waals surface area (Å²) in [4.78, 5) is 16.4. The Balaban J connectivity index is 1.67. The van der Waals surface area contributed by atoms with E-state index in [1.807, 2.05) is 24.4 Å². The number of rotatable bonds is 5. The highest BCUT2D eigenvalue weighted by molar-refractivity contribution is 5.89. The average molecular weight is 307 g/mol. The number of carbonyl (C=O) groups is 1. The van der Waals surface area contributed by atoms with Crippen LogP contribution in [0.15, 0.2) is 65.4 Å². The predicted molar refractivity (Wildman–Crippen MR) is 86.9 cm³/mol. The second kappa shape index (κ2) is 6.92. The lowest BCUT2D eigenvalue weighted by Crippen LogP contribution is -2.04. The Kier molecular flexibility index (Phi) is 4.52. The van der Waals surface area contributed by atoms with E-state index in [-0.39, 0.29) is 12.6 Å². The molecule has 1 aromatic carbocycles. The fraction of sp³-hybridized carbons (Fsp3) is 0.158.